The highest BCUT2D eigenvalue weighted by atomic mass is 35.5. The summed E-state index contributed by atoms with van der Waals surface area (Å²) in [6, 6.07) is 1.53. The first kappa shape index (κ1) is 5.06. The lowest BCUT2D eigenvalue weighted by Crippen LogP contribution is -1.53. The molecule has 3 heteroatoms. The monoisotopic (exact) mass is 136 g/mol. The van der Waals surface area contributed by atoms with E-state index in [1.807, 2.05) is 0 Å². The molecule has 1 heterocycles. The van der Waals surface area contributed by atoms with Crippen LogP contribution in [0.1, 0.15) is 0 Å². The molecule has 1 aromatic rings. The van der Waals surface area contributed by atoms with Gasteiger partial charge in [-0.15, -0.1) is 11.3 Å². The van der Waals surface area contributed by atoms with Crippen molar-refractivity contribution in [2.45, 2.75) is 0 Å². The summed E-state index contributed by atoms with van der Waals surface area (Å²) in [7, 11) is 0. The van der Waals surface area contributed by atoms with Crippen molar-refractivity contribution >= 4 is 22.9 Å². The lowest BCUT2D eigenvalue weighted by atomic mass is 10.7. The molecule has 0 N–H and O–H groups in total. The van der Waals surface area contributed by atoms with Crippen molar-refractivity contribution in [1.29, 1.82) is 0 Å². The molecular formula is C4H2ClFS. The molecule has 0 saturated heterocycles. The van der Waals surface area contributed by atoms with Gasteiger partial charge in [-0.05, 0) is 11.4 Å². The van der Waals surface area contributed by atoms with Gasteiger partial charge in [-0.2, -0.15) is 4.39 Å². The Labute approximate surface area is 49.5 Å². The van der Waals surface area contributed by atoms with Crippen molar-refractivity contribution in [3.63, 3.8) is 0 Å². The van der Waals surface area contributed by atoms with Gasteiger partial charge in [-0.25, -0.2) is 0 Å². The first-order valence-electron chi connectivity index (χ1n) is 1.69. The van der Waals surface area contributed by atoms with Gasteiger partial charge in [0, 0.05) is 0 Å². The van der Waals surface area contributed by atoms with Crippen LogP contribution in [0.4, 0.5) is 4.39 Å². The van der Waals surface area contributed by atoms with Gasteiger partial charge in [0.15, 0.2) is 5.13 Å². The third kappa shape index (κ3) is 0.924. The minimum atomic E-state index is -0.304. The molecule has 0 saturated carbocycles. The van der Waals surface area contributed by atoms with Crippen molar-refractivity contribution in [1.82, 2.24) is 0 Å². The van der Waals surface area contributed by atoms with Gasteiger partial charge in [0.1, 0.15) is 0 Å². The molecule has 0 nitrogen and oxygen atoms in total. The van der Waals surface area contributed by atoms with Crippen LogP contribution in [0.25, 0.3) is 0 Å². The van der Waals surface area contributed by atoms with E-state index in [4.69, 9.17) is 11.6 Å². The van der Waals surface area contributed by atoms with Gasteiger partial charge in [-0.1, -0.05) is 11.6 Å². The lowest BCUT2D eigenvalue weighted by molar-refractivity contribution is 0.658. The van der Waals surface area contributed by atoms with Crippen molar-refractivity contribution in [2.24, 2.45) is 0 Å². The van der Waals surface area contributed by atoms with Gasteiger partial charge in [0.2, 0.25) is 0 Å². The topological polar surface area (TPSA) is 0 Å². The van der Waals surface area contributed by atoms with Gasteiger partial charge in [-0.3, -0.25) is 0 Å². The maximum atomic E-state index is 12.0. The van der Waals surface area contributed by atoms with Crippen LogP contribution in [0, 0.1) is 5.13 Å². The number of hydrogen-bond acceptors (Lipinski definition) is 1. The van der Waals surface area contributed by atoms with Crippen LogP contribution in [0.15, 0.2) is 11.4 Å². The minimum absolute atomic E-state index is 0.213. The quantitative estimate of drug-likeness (QED) is 0.514. The number of thiophene rings is 1. The first-order valence-corrected chi connectivity index (χ1v) is 2.95. The molecule has 0 radical (unpaired) electrons. The van der Waals surface area contributed by atoms with Crippen LogP contribution >= 0.6 is 22.9 Å². The zero-order valence-electron chi connectivity index (χ0n) is 3.32. The van der Waals surface area contributed by atoms with Crippen molar-refractivity contribution in [3.05, 3.63) is 21.6 Å². The van der Waals surface area contributed by atoms with Crippen LogP contribution in [0.5, 0.6) is 0 Å². The average molecular weight is 137 g/mol. The fourth-order valence-corrected chi connectivity index (χ4v) is 1.05. The second-order valence-corrected chi connectivity index (χ2v) is 2.32. The summed E-state index contributed by atoms with van der Waals surface area (Å²) >= 11 is 6.27. The Balaban J connectivity index is 3.12. The van der Waals surface area contributed by atoms with E-state index in [0.717, 1.165) is 11.3 Å². The predicted octanol–water partition coefficient (Wildman–Crippen LogP) is 2.54. The van der Waals surface area contributed by atoms with Crippen LogP contribution in [-0.2, 0) is 0 Å². The fourth-order valence-electron chi connectivity index (χ4n) is 0.275. The Hall–Kier alpha value is -0.0800. The molecule has 7 heavy (non-hydrogen) atoms. The maximum absolute atomic E-state index is 12.0. The molecule has 0 unspecified atom stereocenters. The van der Waals surface area contributed by atoms with Crippen LogP contribution < -0.4 is 0 Å². The number of rotatable bonds is 0. The van der Waals surface area contributed by atoms with Gasteiger partial charge >= 0.3 is 0 Å². The van der Waals surface area contributed by atoms with Crippen LogP contribution in [0.2, 0.25) is 5.02 Å². The molecule has 0 bridgehead atoms. The highest BCUT2D eigenvalue weighted by Gasteiger charge is 1.94. The molecule has 0 aliphatic heterocycles. The summed E-state index contributed by atoms with van der Waals surface area (Å²) in [5.74, 6) is 0. The molecule has 1 aromatic heterocycles. The van der Waals surface area contributed by atoms with Gasteiger partial charge in [0.25, 0.3) is 0 Å². The van der Waals surface area contributed by atoms with E-state index in [1.165, 1.54) is 6.07 Å². The average Bonchev–Trinajstić information content (AvgIpc) is 1.91. The largest absolute Gasteiger partial charge is 0.195 e. The second kappa shape index (κ2) is 1.80. The molecule has 38 valence electrons. The van der Waals surface area contributed by atoms with E-state index < -0.39 is 0 Å². The normalized spacial score (nSPS) is 9.43. The summed E-state index contributed by atoms with van der Waals surface area (Å²) in [6.45, 7) is 0. The SMILES string of the molecule is Fc1sccc1Cl. The zero-order valence-corrected chi connectivity index (χ0v) is 4.89. The zero-order chi connectivity index (χ0) is 5.28. The molecule has 0 amide bonds. The molecular weight excluding hydrogens is 135 g/mol. The molecule has 1 rings (SSSR count). The van der Waals surface area contributed by atoms with Gasteiger partial charge < -0.3 is 0 Å². The van der Waals surface area contributed by atoms with Crippen LogP contribution in [-0.4, -0.2) is 0 Å². The summed E-state index contributed by atoms with van der Waals surface area (Å²) in [5.41, 5.74) is 0. The molecule has 0 spiro atoms. The molecule has 0 atom stereocenters. The molecule has 0 aromatic carbocycles. The van der Waals surface area contributed by atoms with Crippen LogP contribution in [0.3, 0.4) is 0 Å². The Morgan fingerprint density at radius 3 is 2.57 bits per heavy atom. The second-order valence-electron chi connectivity index (χ2n) is 1.04. The van der Waals surface area contributed by atoms with E-state index in [2.05, 4.69) is 0 Å². The van der Waals surface area contributed by atoms with Gasteiger partial charge in [0.05, 0.1) is 5.02 Å². The first-order chi connectivity index (χ1) is 3.30. The Morgan fingerprint density at radius 1 is 1.71 bits per heavy atom. The maximum Gasteiger partial charge on any atom is 0.195 e. The molecule has 0 aliphatic carbocycles. The van der Waals surface area contributed by atoms with E-state index in [0.29, 0.717) is 0 Å². The Bertz CT molecular complexity index is 144. The van der Waals surface area contributed by atoms with Crippen molar-refractivity contribution < 1.29 is 4.39 Å². The fraction of sp³-hybridized carbons (Fsp3) is 0. The summed E-state index contributed by atoms with van der Waals surface area (Å²) in [4.78, 5) is 0. The van der Waals surface area contributed by atoms with E-state index in [9.17, 15) is 4.39 Å². The third-order valence-corrected chi connectivity index (χ3v) is 1.68. The number of halogens is 2. The smallest absolute Gasteiger partial charge is 0.193 e. The van der Waals surface area contributed by atoms with E-state index >= 15 is 0 Å². The van der Waals surface area contributed by atoms with E-state index in [1.54, 1.807) is 5.38 Å². The Morgan fingerprint density at radius 2 is 2.43 bits per heavy atom. The summed E-state index contributed by atoms with van der Waals surface area (Å²) < 4.78 is 12.0. The highest BCUT2D eigenvalue weighted by Crippen LogP contribution is 2.18. The number of hydrogen-bond donors (Lipinski definition) is 0. The summed E-state index contributed by atoms with van der Waals surface area (Å²) in [5, 5.41) is 1.52. The highest BCUT2D eigenvalue weighted by molar-refractivity contribution is 7.08. The third-order valence-electron chi connectivity index (χ3n) is 0.574. The van der Waals surface area contributed by atoms with E-state index in [-0.39, 0.29) is 10.2 Å². The predicted molar refractivity (Wildman–Crippen MR) is 29.3 cm³/mol. The summed E-state index contributed by atoms with van der Waals surface area (Å²) in [6.07, 6.45) is 0. The molecule has 0 aliphatic rings. The Kier molecular flexibility index (Phi) is 1.30. The minimum Gasteiger partial charge on any atom is -0.193 e. The molecule has 0 fully saturated rings. The lowest BCUT2D eigenvalue weighted by Gasteiger charge is -1.71. The van der Waals surface area contributed by atoms with Crippen molar-refractivity contribution in [2.75, 3.05) is 0 Å². The standard InChI is InChI=1S/C4H2ClFS/c5-3-1-2-7-4(3)6/h1-2H. The van der Waals surface area contributed by atoms with Crippen molar-refractivity contribution in [3.8, 4) is 0 Å².